The van der Waals surface area contributed by atoms with Crippen molar-refractivity contribution in [2.75, 3.05) is 0 Å². The van der Waals surface area contributed by atoms with Crippen LogP contribution >= 0.6 is 0 Å². The number of amides is 1. The van der Waals surface area contributed by atoms with Crippen LogP contribution in [0.1, 0.15) is 55.0 Å². The Labute approximate surface area is 209 Å². The minimum Gasteiger partial charge on any atom is -0.480 e. The number of rotatable bonds is 7. The molecule has 2 aromatic carbocycles. The molecule has 0 saturated heterocycles. The summed E-state index contributed by atoms with van der Waals surface area (Å²) in [6.07, 6.45) is 2.04. The van der Waals surface area contributed by atoms with E-state index in [1.807, 2.05) is 50.2 Å². The van der Waals surface area contributed by atoms with Crippen LogP contribution in [0.25, 0.3) is 21.9 Å². The van der Waals surface area contributed by atoms with E-state index in [0.29, 0.717) is 16.7 Å². The number of aryl methyl sites for hydroxylation is 2. The van der Waals surface area contributed by atoms with E-state index in [4.69, 9.17) is 8.83 Å². The van der Waals surface area contributed by atoms with E-state index in [2.05, 4.69) is 26.1 Å². The molecule has 36 heavy (non-hydrogen) atoms. The molecule has 7 nitrogen and oxygen atoms in total. The third-order valence-corrected chi connectivity index (χ3v) is 6.67. The van der Waals surface area contributed by atoms with Crippen molar-refractivity contribution in [2.45, 2.75) is 65.3 Å². The fraction of sp³-hybridized carbons (Fsp3) is 0.345. The second-order valence-corrected chi connectivity index (χ2v) is 10.3. The van der Waals surface area contributed by atoms with Crippen molar-refractivity contribution in [3.63, 3.8) is 0 Å². The summed E-state index contributed by atoms with van der Waals surface area (Å²) in [5.74, 6) is -1.54. The van der Waals surface area contributed by atoms with Crippen LogP contribution in [0, 0.1) is 13.8 Å². The number of carboxylic acids is 1. The van der Waals surface area contributed by atoms with Crippen LogP contribution in [-0.4, -0.2) is 23.0 Å². The Hall–Kier alpha value is -3.87. The number of carbonyl (C=O) groups is 2. The van der Waals surface area contributed by atoms with E-state index < -0.39 is 23.5 Å². The maximum Gasteiger partial charge on any atom is 0.339 e. The summed E-state index contributed by atoms with van der Waals surface area (Å²) in [4.78, 5) is 37.2. The summed E-state index contributed by atoms with van der Waals surface area (Å²) in [6.45, 7) is 10.1. The first kappa shape index (κ1) is 25.2. The molecule has 0 fully saturated rings. The smallest absolute Gasteiger partial charge is 0.339 e. The minimum absolute atomic E-state index is 0.0319. The third-order valence-electron chi connectivity index (χ3n) is 6.67. The maximum atomic E-state index is 12.9. The lowest BCUT2D eigenvalue weighted by Crippen LogP contribution is -2.42. The predicted octanol–water partition coefficient (Wildman–Crippen LogP) is 5.20. The average Bonchev–Trinajstić information content (AvgIpc) is 3.25. The van der Waals surface area contributed by atoms with E-state index in [1.165, 1.54) is 0 Å². The zero-order valence-electron chi connectivity index (χ0n) is 21.2. The number of carbonyl (C=O) groups excluding carboxylic acids is 1. The molecular formula is C29H31NO6. The predicted molar refractivity (Wildman–Crippen MR) is 138 cm³/mol. The van der Waals surface area contributed by atoms with Crippen LogP contribution in [0.2, 0.25) is 0 Å². The highest BCUT2D eigenvalue weighted by molar-refractivity contribution is 6.00. The molecule has 0 radical (unpaired) electrons. The normalized spacial score (nSPS) is 12.7. The van der Waals surface area contributed by atoms with Gasteiger partial charge >= 0.3 is 11.6 Å². The van der Waals surface area contributed by atoms with Crippen molar-refractivity contribution in [2.24, 2.45) is 0 Å². The van der Waals surface area contributed by atoms with Crippen LogP contribution in [0.5, 0.6) is 0 Å². The monoisotopic (exact) mass is 489 g/mol. The van der Waals surface area contributed by atoms with Crippen molar-refractivity contribution in [3.8, 4) is 0 Å². The van der Waals surface area contributed by atoms with Crippen molar-refractivity contribution in [1.29, 1.82) is 0 Å². The second kappa shape index (κ2) is 9.64. The van der Waals surface area contributed by atoms with Crippen LogP contribution in [0.15, 0.2) is 56.3 Å². The fourth-order valence-corrected chi connectivity index (χ4v) is 4.62. The van der Waals surface area contributed by atoms with Crippen LogP contribution < -0.4 is 10.9 Å². The lowest BCUT2D eigenvalue weighted by Gasteiger charge is -2.17. The Kier molecular flexibility index (Phi) is 6.76. The molecule has 1 amide bonds. The van der Waals surface area contributed by atoms with E-state index >= 15 is 0 Å². The highest BCUT2D eigenvalue weighted by Gasteiger charge is 2.24. The molecule has 0 saturated carbocycles. The molecular weight excluding hydrogens is 458 g/mol. The van der Waals surface area contributed by atoms with Crippen molar-refractivity contribution < 1.29 is 23.5 Å². The van der Waals surface area contributed by atoms with Crippen molar-refractivity contribution in [1.82, 2.24) is 5.32 Å². The van der Waals surface area contributed by atoms with E-state index in [9.17, 15) is 19.5 Å². The maximum absolute atomic E-state index is 12.9. The molecule has 1 unspecified atom stereocenters. The van der Waals surface area contributed by atoms with Gasteiger partial charge in [-0.3, -0.25) is 4.79 Å². The van der Waals surface area contributed by atoms with Gasteiger partial charge in [-0.15, -0.1) is 0 Å². The van der Waals surface area contributed by atoms with Crippen molar-refractivity contribution in [3.05, 3.63) is 80.9 Å². The van der Waals surface area contributed by atoms with Gasteiger partial charge in [0.05, 0.1) is 6.26 Å². The highest BCUT2D eigenvalue weighted by Crippen LogP contribution is 2.37. The first-order valence-electron chi connectivity index (χ1n) is 12.0. The first-order chi connectivity index (χ1) is 17.0. The summed E-state index contributed by atoms with van der Waals surface area (Å²) in [7, 11) is 0. The largest absolute Gasteiger partial charge is 0.480 e. The highest BCUT2D eigenvalue weighted by atomic mass is 16.4. The number of benzene rings is 2. The third kappa shape index (κ3) is 4.91. The number of hydrogen-bond acceptors (Lipinski definition) is 5. The quantitative estimate of drug-likeness (QED) is 0.345. The molecule has 4 aromatic rings. The lowest BCUT2D eigenvalue weighted by molar-refractivity contribution is -0.141. The number of fused-ring (bicyclic) bond motifs is 2. The Morgan fingerprint density at radius 1 is 1.03 bits per heavy atom. The summed E-state index contributed by atoms with van der Waals surface area (Å²) in [6, 6.07) is 10.1. The number of aliphatic carboxylic acids is 1. The first-order valence-corrected chi connectivity index (χ1v) is 12.0. The average molecular weight is 490 g/mol. The zero-order chi connectivity index (χ0) is 26.2. The summed E-state index contributed by atoms with van der Waals surface area (Å²) in [5.41, 5.74) is 4.33. The number of furan rings is 1. The van der Waals surface area contributed by atoms with Gasteiger partial charge in [0.25, 0.3) is 0 Å². The Bertz CT molecular complexity index is 1500. The number of nitrogens with one attached hydrogen (secondary N) is 1. The molecule has 188 valence electrons. The van der Waals surface area contributed by atoms with Crippen LogP contribution in [0.4, 0.5) is 0 Å². The Balaban J connectivity index is 1.60. The van der Waals surface area contributed by atoms with Gasteiger partial charge < -0.3 is 19.3 Å². The zero-order valence-corrected chi connectivity index (χ0v) is 21.2. The van der Waals surface area contributed by atoms with Gasteiger partial charge in [-0.2, -0.15) is 0 Å². The van der Waals surface area contributed by atoms with Crippen LogP contribution in [0.3, 0.4) is 0 Å². The van der Waals surface area contributed by atoms with Gasteiger partial charge in [0.2, 0.25) is 5.91 Å². The molecule has 1 atom stereocenters. The second-order valence-electron chi connectivity index (χ2n) is 10.3. The summed E-state index contributed by atoms with van der Waals surface area (Å²) >= 11 is 0. The fourth-order valence-electron chi connectivity index (χ4n) is 4.62. The van der Waals surface area contributed by atoms with Gasteiger partial charge in [-0.05, 0) is 42.9 Å². The SMILES string of the molecule is Cc1c(CCC(=O)NC(Cc2ccccc2)C(=O)O)c(=O)oc2c(C)c3occ(C(C)(C)C)c3cc12. The van der Waals surface area contributed by atoms with E-state index in [1.54, 1.807) is 6.26 Å². The van der Waals surface area contributed by atoms with Gasteiger partial charge in [-0.25, -0.2) is 9.59 Å². The van der Waals surface area contributed by atoms with Crippen LogP contribution in [-0.2, 0) is 27.8 Å². The van der Waals surface area contributed by atoms with Gasteiger partial charge in [-0.1, -0.05) is 51.1 Å². The lowest BCUT2D eigenvalue weighted by atomic mass is 9.86. The molecule has 0 bridgehead atoms. The van der Waals surface area contributed by atoms with Gasteiger partial charge in [0.1, 0.15) is 17.2 Å². The summed E-state index contributed by atoms with van der Waals surface area (Å²) in [5, 5.41) is 13.9. The molecule has 0 aliphatic rings. The topological polar surface area (TPSA) is 110 Å². The van der Waals surface area contributed by atoms with Gasteiger partial charge in [0, 0.05) is 40.3 Å². The molecule has 0 aliphatic heterocycles. The minimum atomic E-state index is -1.11. The van der Waals surface area contributed by atoms with E-state index in [0.717, 1.165) is 33.0 Å². The molecule has 7 heteroatoms. The molecule has 0 aliphatic carbocycles. The van der Waals surface area contributed by atoms with Gasteiger partial charge in [0.15, 0.2) is 0 Å². The molecule has 0 spiro atoms. The molecule has 4 rings (SSSR count). The number of hydrogen-bond donors (Lipinski definition) is 2. The number of carboxylic acid groups (broad SMARTS) is 1. The standard InChI is InChI=1S/C29H31NO6/c1-16-19(11-12-24(31)30-23(27(32)33)13-18-9-7-6-8-10-18)28(34)36-26-17(2)25-21(14-20(16)26)22(15-35-25)29(3,4)5/h6-10,14-15,23H,11-13H2,1-5H3,(H,30,31)(H,32,33). The Morgan fingerprint density at radius 2 is 1.72 bits per heavy atom. The molecule has 2 heterocycles. The summed E-state index contributed by atoms with van der Waals surface area (Å²) < 4.78 is 11.5. The molecule has 2 aromatic heterocycles. The Morgan fingerprint density at radius 3 is 2.36 bits per heavy atom. The molecule has 2 N–H and O–H groups in total. The van der Waals surface area contributed by atoms with Crippen molar-refractivity contribution >= 4 is 33.8 Å². The van der Waals surface area contributed by atoms with E-state index in [-0.39, 0.29) is 24.7 Å².